The van der Waals surface area contributed by atoms with Crippen LogP contribution < -0.4 is 10.1 Å². The lowest BCUT2D eigenvalue weighted by Crippen LogP contribution is -2.10. The zero-order chi connectivity index (χ0) is 9.68. The van der Waals surface area contributed by atoms with Gasteiger partial charge in [-0.3, -0.25) is 0 Å². The van der Waals surface area contributed by atoms with Crippen LogP contribution in [0, 0.1) is 0 Å². The second-order valence-electron chi connectivity index (χ2n) is 2.55. The summed E-state index contributed by atoms with van der Waals surface area (Å²) in [4.78, 5) is 0. The van der Waals surface area contributed by atoms with Gasteiger partial charge in [-0.15, -0.1) is 0 Å². The molecule has 0 heterocycles. The first-order valence-corrected chi connectivity index (χ1v) is 5.34. The molecule has 0 spiro atoms. The Morgan fingerprint density at radius 3 is 2.85 bits per heavy atom. The van der Waals surface area contributed by atoms with E-state index in [4.69, 9.17) is 4.74 Å². The zero-order valence-corrected chi connectivity index (χ0v) is 9.86. The molecule has 0 radical (unpaired) electrons. The van der Waals surface area contributed by atoms with E-state index in [9.17, 15) is 0 Å². The lowest BCUT2D eigenvalue weighted by atomic mass is 10.2. The molecule has 1 rings (SSSR count). The minimum atomic E-state index is 0.684. The van der Waals surface area contributed by atoms with Crippen molar-refractivity contribution in [2.45, 2.75) is 6.54 Å². The van der Waals surface area contributed by atoms with E-state index in [1.807, 2.05) is 18.2 Å². The molecule has 1 aromatic carbocycles. The predicted octanol–water partition coefficient (Wildman–Crippen LogP) is 2.43. The summed E-state index contributed by atoms with van der Waals surface area (Å²) in [5.74, 6) is 1.54. The summed E-state index contributed by atoms with van der Waals surface area (Å²) in [5.41, 5.74) is 1.21. The summed E-state index contributed by atoms with van der Waals surface area (Å²) in [6.07, 6.45) is 0. The predicted molar refractivity (Wildman–Crippen MR) is 61.4 cm³/mol. The van der Waals surface area contributed by atoms with Crippen molar-refractivity contribution in [1.29, 1.82) is 0 Å². The minimum Gasteiger partial charge on any atom is -0.496 e. The number of ether oxygens (including phenoxy) is 1. The van der Waals surface area contributed by atoms with Gasteiger partial charge in [-0.2, -0.15) is 12.6 Å². The van der Waals surface area contributed by atoms with Gasteiger partial charge in [-0.05, 0) is 33.6 Å². The van der Waals surface area contributed by atoms with Crippen LogP contribution in [0.5, 0.6) is 5.75 Å². The number of rotatable bonds is 4. The van der Waals surface area contributed by atoms with Crippen molar-refractivity contribution in [1.82, 2.24) is 5.32 Å². The molecule has 0 bridgehead atoms. The highest BCUT2D eigenvalue weighted by Gasteiger charge is 2.00. The topological polar surface area (TPSA) is 21.3 Å². The molecule has 1 N–H and O–H groups in total. The molecule has 1 aromatic rings. The van der Waals surface area contributed by atoms with Gasteiger partial charge in [0.2, 0.25) is 0 Å². The normalized spacial score (nSPS) is 10.1. The largest absolute Gasteiger partial charge is 0.496 e. The molecule has 0 unspecified atom stereocenters. The van der Waals surface area contributed by atoms with Gasteiger partial charge in [0.05, 0.1) is 11.6 Å². The Bertz CT molecular complexity index is 280. The summed E-state index contributed by atoms with van der Waals surface area (Å²) in [5, 5.41) is 3.13. The van der Waals surface area contributed by atoms with E-state index in [1.54, 1.807) is 7.11 Å². The van der Waals surface area contributed by atoms with Crippen molar-refractivity contribution in [2.24, 2.45) is 0 Å². The Morgan fingerprint density at radius 2 is 2.31 bits per heavy atom. The van der Waals surface area contributed by atoms with E-state index in [0.29, 0.717) is 5.88 Å². The lowest BCUT2D eigenvalue weighted by molar-refractivity contribution is 0.412. The van der Waals surface area contributed by atoms with Crippen molar-refractivity contribution in [3.05, 3.63) is 28.2 Å². The molecule has 0 atom stereocenters. The molecular weight excluding hydrogens is 250 g/mol. The number of hydrogen-bond acceptors (Lipinski definition) is 3. The van der Waals surface area contributed by atoms with Gasteiger partial charge < -0.3 is 10.1 Å². The summed E-state index contributed by atoms with van der Waals surface area (Å²) in [7, 11) is 1.66. The third-order valence-electron chi connectivity index (χ3n) is 1.66. The molecular formula is C9H12BrNOS. The number of thiol groups is 1. The average molecular weight is 262 g/mol. The van der Waals surface area contributed by atoms with Gasteiger partial charge in [0, 0.05) is 12.4 Å². The Morgan fingerprint density at radius 1 is 1.54 bits per heavy atom. The third-order valence-corrected chi connectivity index (χ3v) is 2.50. The van der Waals surface area contributed by atoms with Crippen molar-refractivity contribution in [3.8, 4) is 5.75 Å². The maximum atomic E-state index is 5.12. The number of benzene rings is 1. The van der Waals surface area contributed by atoms with Crippen LogP contribution in [-0.2, 0) is 6.54 Å². The highest BCUT2D eigenvalue weighted by atomic mass is 79.9. The van der Waals surface area contributed by atoms with Crippen molar-refractivity contribution in [2.75, 3.05) is 13.0 Å². The van der Waals surface area contributed by atoms with Gasteiger partial charge >= 0.3 is 0 Å². The van der Waals surface area contributed by atoms with Crippen LogP contribution in [0.15, 0.2) is 22.7 Å². The molecule has 0 aliphatic heterocycles. The van der Waals surface area contributed by atoms with E-state index >= 15 is 0 Å². The molecule has 4 heteroatoms. The van der Waals surface area contributed by atoms with Gasteiger partial charge in [0.1, 0.15) is 5.75 Å². The molecule has 72 valence electrons. The fourth-order valence-electron chi connectivity index (χ4n) is 1.02. The summed E-state index contributed by atoms with van der Waals surface area (Å²) in [6, 6.07) is 6.01. The van der Waals surface area contributed by atoms with E-state index in [2.05, 4.69) is 33.9 Å². The van der Waals surface area contributed by atoms with Crippen molar-refractivity contribution >= 4 is 28.6 Å². The zero-order valence-electron chi connectivity index (χ0n) is 7.38. The average Bonchev–Trinajstić information content (AvgIpc) is 2.15. The van der Waals surface area contributed by atoms with Crippen LogP contribution in [0.25, 0.3) is 0 Å². The molecule has 0 amide bonds. The van der Waals surface area contributed by atoms with Crippen LogP contribution in [0.1, 0.15) is 5.56 Å². The summed E-state index contributed by atoms with van der Waals surface area (Å²) in [6.45, 7) is 0.825. The summed E-state index contributed by atoms with van der Waals surface area (Å²) >= 11 is 7.50. The quantitative estimate of drug-likeness (QED) is 0.642. The molecule has 13 heavy (non-hydrogen) atoms. The number of methoxy groups -OCH3 is 1. The van der Waals surface area contributed by atoms with E-state index in [1.165, 1.54) is 5.56 Å². The van der Waals surface area contributed by atoms with Crippen LogP contribution >= 0.6 is 28.6 Å². The van der Waals surface area contributed by atoms with Crippen LogP contribution in [0.2, 0.25) is 0 Å². The number of nitrogens with one attached hydrogen (secondary N) is 1. The van der Waals surface area contributed by atoms with Crippen molar-refractivity contribution < 1.29 is 4.74 Å². The van der Waals surface area contributed by atoms with Crippen molar-refractivity contribution in [3.63, 3.8) is 0 Å². The second-order valence-corrected chi connectivity index (χ2v) is 3.72. The smallest absolute Gasteiger partial charge is 0.133 e. The molecule has 0 aliphatic carbocycles. The number of hydrogen-bond donors (Lipinski definition) is 2. The molecule has 0 aromatic heterocycles. The Kier molecular flexibility index (Phi) is 4.62. The van der Waals surface area contributed by atoms with Crippen LogP contribution in [0.3, 0.4) is 0 Å². The van der Waals surface area contributed by atoms with Gasteiger partial charge in [0.15, 0.2) is 0 Å². The maximum Gasteiger partial charge on any atom is 0.133 e. The SMILES string of the molecule is COc1ccc(CNCS)cc1Br. The Hall–Kier alpha value is -0.190. The Balaban J connectivity index is 2.71. The second kappa shape index (κ2) is 5.52. The van der Waals surface area contributed by atoms with E-state index in [-0.39, 0.29) is 0 Å². The van der Waals surface area contributed by atoms with Gasteiger partial charge in [-0.1, -0.05) is 6.07 Å². The van der Waals surface area contributed by atoms with Crippen LogP contribution in [0.4, 0.5) is 0 Å². The monoisotopic (exact) mass is 261 g/mol. The first kappa shape index (κ1) is 10.9. The standard InChI is InChI=1S/C9H12BrNOS/c1-12-9-3-2-7(4-8(9)10)5-11-6-13/h2-4,11,13H,5-6H2,1H3. The highest BCUT2D eigenvalue weighted by molar-refractivity contribution is 9.10. The number of halogens is 1. The fourth-order valence-corrected chi connectivity index (χ4v) is 1.72. The minimum absolute atomic E-state index is 0.684. The molecule has 0 saturated carbocycles. The molecule has 0 saturated heterocycles. The third kappa shape index (κ3) is 3.21. The van der Waals surface area contributed by atoms with Crippen LogP contribution in [-0.4, -0.2) is 13.0 Å². The maximum absolute atomic E-state index is 5.12. The molecule has 2 nitrogen and oxygen atoms in total. The first-order valence-electron chi connectivity index (χ1n) is 3.92. The van der Waals surface area contributed by atoms with E-state index < -0.39 is 0 Å². The highest BCUT2D eigenvalue weighted by Crippen LogP contribution is 2.25. The lowest BCUT2D eigenvalue weighted by Gasteiger charge is -2.06. The Labute approximate surface area is 92.2 Å². The molecule has 0 fully saturated rings. The fraction of sp³-hybridized carbons (Fsp3) is 0.333. The van der Waals surface area contributed by atoms with Gasteiger partial charge in [0.25, 0.3) is 0 Å². The summed E-state index contributed by atoms with van der Waals surface area (Å²) < 4.78 is 6.10. The first-order chi connectivity index (χ1) is 6.27. The molecule has 0 aliphatic rings. The van der Waals surface area contributed by atoms with Gasteiger partial charge in [-0.25, -0.2) is 0 Å². The van der Waals surface area contributed by atoms with E-state index in [0.717, 1.165) is 16.8 Å².